The SMILES string of the molecule is [2H]c1c([2H])c([2H])c(-c2cnc(-n3c4[c-]c(Oc5[c-]c(-n6c[n+](-c7c([Si](c8c([2H])c([2H])c([2H])c([2H])c8[2H])(c8c([2H])c([2H])c([2H])c([2H])c8[2H])c8c([2H])c([2H])c([2H])c([2H])c8[2H])cccc7[Si](c7c([2H])c([2H])c([2H])c([2H])c7[2H])(c7c([2H])c([2H])c([2H])c([2H])c7[2H])c7c([2H])c([2H])c([2H])c([2H])c7[2H])c7ccc(-c8ccc(C(C)(C)C)cc8)cc76)ccc5)ccc4c4ccccc43)cc2C([2H])([2H])[2H])c([2H])c1[2H].[Pt]. The largest absolute Gasteiger partial charge is 0.509 e. The first-order chi connectivity index (χ1) is 62.9. The van der Waals surface area contributed by atoms with E-state index in [2.05, 4.69) is 12.1 Å². The van der Waals surface area contributed by atoms with E-state index < -0.39 is 298 Å². The van der Waals surface area contributed by atoms with Crippen molar-refractivity contribution in [3.63, 3.8) is 0 Å². The maximum Gasteiger partial charge on any atom is 0.253 e. The van der Waals surface area contributed by atoms with Crippen molar-refractivity contribution in [1.82, 2.24) is 14.1 Å². The van der Waals surface area contributed by atoms with Crippen LogP contribution in [0.3, 0.4) is 0 Å². The minimum Gasteiger partial charge on any atom is -0.509 e. The van der Waals surface area contributed by atoms with Crippen LogP contribution in [0.15, 0.2) is 345 Å². The van der Waals surface area contributed by atoms with Crippen LogP contribution in [0, 0.1) is 19.0 Å². The van der Waals surface area contributed by atoms with Gasteiger partial charge in [-0.3, -0.25) is 0 Å². The van der Waals surface area contributed by atoms with Crippen LogP contribution in [0.2, 0.25) is 0 Å². The fourth-order valence-corrected chi connectivity index (χ4v) is 20.7. The van der Waals surface area contributed by atoms with Gasteiger partial charge in [0.2, 0.25) is 0 Å². The van der Waals surface area contributed by atoms with Gasteiger partial charge in [0, 0.05) is 70.0 Å². The average Bonchev–Trinajstić information content (AvgIpc) is 1.39. The smallest absolute Gasteiger partial charge is 0.253 e. The van der Waals surface area contributed by atoms with Crippen LogP contribution in [0.25, 0.3) is 72.3 Å². The van der Waals surface area contributed by atoms with E-state index in [1.54, 1.807) is 53.1 Å². The second-order valence-electron chi connectivity index (χ2n) is 23.1. The Bertz CT molecular complexity index is 7080. The van der Waals surface area contributed by atoms with Crippen LogP contribution in [0.1, 0.15) is 84.0 Å². The van der Waals surface area contributed by atoms with Crippen molar-refractivity contribution in [3.8, 4) is 50.9 Å². The predicted octanol–water partition coefficient (Wildman–Crippen LogP) is 15.5. The summed E-state index contributed by atoms with van der Waals surface area (Å²) in [5, 5.41) is -7.42. The molecule has 5 nitrogen and oxygen atoms in total. The Morgan fingerprint density at radius 2 is 0.959 bits per heavy atom. The Morgan fingerprint density at radius 1 is 0.464 bits per heavy atom. The average molecular weight is 1500 g/mol. The first-order valence-electron chi connectivity index (χ1n) is 48.9. The molecule has 3 heterocycles. The predicted molar refractivity (Wildman–Crippen MR) is 403 cm³/mol. The van der Waals surface area contributed by atoms with Crippen LogP contribution in [0.5, 0.6) is 11.5 Å². The molecule has 0 amide bonds. The molecule has 0 spiro atoms. The summed E-state index contributed by atoms with van der Waals surface area (Å²) in [6, 6.07) is -3.50. The topological polar surface area (TPSA) is 35.9 Å². The molecule has 16 aromatic rings. The zero-order valence-corrected chi connectivity index (χ0v) is 55.5. The summed E-state index contributed by atoms with van der Waals surface area (Å²) in [6.45, 7) is 2.96. The van der Waals surface area contributed by atoms with Gasteiger partial charge < -0.3 is 9.30 Å². The number of aryl methyl sites for hydroxylation is 1. The number of aromatic nitrogens is 4. The van der Waals surface area contributed by atoms with E-state index >= 15 is 0 Å². The van der Waals surface area contributed by atoms with Gasteiger partial charge in [0.05, 0.1) is 48.0 Å². The zero-order chi connectivity index (χ0) is 97.8. The van der Waals surface area contributed by atoms with E-state index in [-0.39, 0.29) is 66.2 Å². The minimum atomic E-state index is -6.82. The van der Waals surface area contributed by atoms with Crippen molar-refractivity contribution in [2.24, 2.45) is 0 Å². The molecule has 0 aliphatic carbocycles. The number of nitrogens with zero attached hydrogens (tertiary/aromatic N) is 4. The molecule has 0 saturated heterocycles. The fraction of sp³-hybridized carbons (Fsp3) is 0.0562. The third kappa shape index (κ3) is 11.0. The number of para-hydroxylation sites is 2. The van der Waals surface area contributed by atoms with Crippen molar-refractivity contribution < 1.29 is 82.5 Å². The van der Waals surface area contributed by atoms with E-state index in [1.807, 2.05) is 45.0 Å². The molecule has 8 heteroatoms. The van der Waals surface area contributed by atoms with Crippen molar-refractivity contribution in [2.75, 3.05) is 0 Å². The van der Waals surface area contributed by atoms with Gasteiger partial charge in [0.1, 0.15) is 11.5 Å². The monoisotopic (exact) mass is 1500 g/mol. The van der Waals surface area contributed by atoms with Gasteiger partial charge in [-0.25, -0.2) is 9.55 Å². The number of benzene rings is 13. The summed E-state index contributed by atoms with van der Waals surface area (Å²) in [6.07, 6.45) is 2.34. The maximum absolute atomic E-state index is 10.4. The van der Waals surface area contributed by atoms with Crippen LogP contribution in [-0.4, -0.2) is 30.3 Å². The molecule has 0 bridgehead atoms. The Labute approximate surface area is 637 Å². The molecule has 470 valence electrons. The molecule has 97 heavy (non-hydrogen) atoms. The molecule has 0 aliphatic rings. The van der Waals surface area contributed by atoms with E-state index in [1.165, 1.54) is 45.8 Å². The van der Waals surface area contributed by atoms with Gasteiger partial charge in [0.25, 0.3) is 6.33 Å². The number of hydrogen-bond donors (Lipinski definition) is 0. The molecule has 16 rings (SSSR count). The number of imidazole rings is 1. The first-order valence-corrected chi connectivity index (χ1v) is 33.9. The number of rotatable bonds is 15. The van der Waals surface area contributed by atoms with Crippen molar-refractivity contribution >= 4 is 90.5 Å². The quantitative estimate of drug-likeness (QED) is 0.0444. The van der Waals surface area contributed by atoms with Crippen LogP contribution in [-0.2, 0) is 26.5 Å². The second-order valence-corrected chi connectivity index (χ2v) is 30.2. The normalized spacial score (nSPS) is 17.5. The Kier molecular flexibility index (Phi) is 8.81. The van der Waals surface area contributed by atoms with Crippen molar-refractivity contribution in [1.29, 1.82) is 0 Å². The van der Waals surface area contributed by atoms with Gasteiger partial charge >= 0.3 is 0 Å². The molecular weight excluding hydrogens is 1390 g/mol. The maximum atomic E-state index is 10.4. The van der Waals surface area contributed by atoms with Crippen molar-refractivity contribution in [2.45, 2.75) is 33.0 Å². The second kappa shape index (κ2) is 26.1. The van der Waals surface area contributed by atoms with Crippen LogP contribution in [0.4, 0.5) is 0 Å². The number of ether oxygens (including phenoxy) is 1. The molecule has 0 unspecified atom stereocenters. The number of hydrogen-bond acceptors (Lipinski definition) is 2. The molecule has 0 saturated carbocycles. The van der Waals surface area contributed by atoms with Crippen LogP contribution >= 0.6 is 0 Å². The number of fused-ring (bicyclic) bond motifs is 4. The third-order valence-corrected chi connectivity index (χ3v) is 25.2. The molecular formula is C89H69N4OPtSi2-. The molecule has 0 aliphatic heterocycles. The molecule has 13 aromatic carbocycles. The summed E-state index contributed by atoms with van der Waals surface area (Å²) >= 11 is 0. The molecule has 0 radical (unpaired) electrons. The molecule has 0 N–H and O–H groups in total. The van der Waals surface area contributed by atoms with Gasteiger partial charge in [-0.15, -0.1) is 29.7 Å². The molecule has 0 atom stereocenters. The number of pyridine rings is 1. The third-order valence-electron chi connectivity index (χ3n) is 16.8. The summed E-state index contributed by atoms with van der Waals surface area (Å²) < 4.78 is 376. The Balaban J connectivity index is 0.0000139. The summed E-state index contributed by atoms with van der Waals surface area (Å²) in [4.78, 5) is 4.70. The zero-order valence-electron chi connectivity index (χ0n) is 89.2. The van der Waals surface area contributed by atoms with Gasteiger partial charge in [0.15, 0.2) is 27.2 Å². The van der Waals surface area contributed by atoms with Gasteiger partial charge in [-0.1, -0.05) is 305 Å². The van der Waals surface area contributed by atoms with E-state index in [0.29, 0.717) is 27.4 Å². The van der Waals surface area contributed by atoms with Crippen LogP contribution < -0.4 is 50.8 Å². The summed E-state index contributed by atoms with van der Waals surface area (Å²) in [5.41, 5.74) is -0.144. The minimum absolute atomic E-state index is 0. The van der Waals surface area contributed by atoms with Crippen molar-refractivity contribution in [3.05, 3.63) is 369 Å². The van der Waals surface area contributed by atoms with Gasteiger partial charge in [-0.2, -0.15) is 16.7 Å². The van der Waals surface area contributed by atoms with Gasteiger partial charge in [-0.05, 0) is 107 Å². The Hall–Kier alpha value is -10.8. The Morgan fingerprint density at radius 3 is 1.48 bits per heavy atom. The fourth-order valence-electron chi connectivity index (χ4n) is 12.5. The van der Waals surface area contributed by atoms with E-state index in [0.717, 1.165) is 30.0 Å². The summed E-state index contributed by atoms with van der Waals surface area (Å²) in [5.74, 6) is -0.232. The molecule has 0 fully saturated rings. The molecule has 3 aromatic heterocycles. The van der Waals surface area contributed by atoms with E-state index in [9.17, 15) is 41.1 Å². The summed E-state index contributed by atoms with van der Waals surface area (Å²) in [7, 11) is -13.6. The van der Waals surface area contributed by atoms with E-state index in [4.69, 9.17) is 20.7 Å². The first kappa shape index (κ1) is 32.8. The standard InChI is InChI=1S/C89H69N4OSi2.Pt/c1-64-58-87(90-62-80(64)66-30-12-5-13-31-66)93-81-47-27-26-46-78(81)79-56-55-71(61-83(79)93)94-70-33-28-32-69(60-70)91-63-92(82-57-52-67(59-84(82)91)65-50-53-68(54-51-65)89(2,3)4)88-85(95(72-34-14-6-15-35-72,73-36-16-7-17-37-73)74-38-18-8-19-39-74)48-29-49-86(88)96(75-40-20-9-21-41-75,76-42-22-10-23-43-76)77-44-24-11-25-45-77;/h5-59,62-63H,1-4H3;/q-1;/i1D3,5D,6D,7D,8D,9D,10D,11D,12D,13D,14D,15D,16D,17D,18D,19D,20D,21D,22D,23D,24D,25D,30D,31D,34D,35D,36D,37D,38D,39D,40D,41D,42D,43D,44D,45D;.